The first-order valence-electron chi connectivity index (χ1n) is 17.4. The largest absolute Gasteiger partial charge is 0.449 e. The summed E-state index contributed by atoms with van der Waals surface area (Å²) < 4.78 is 5.94. The molecular formula is C43H43N3O3. The molecule has 0 radical (unpaired) electrons. The lowest BCUT2D eigenvalue weighted by molar-refractivity contribution is -0.121. The summed E-state index contributed by atoms with van der Waals surface area (Å²) in [7, 11) is 0. The van der Waals surface area contributed by atoms with E-state index in [0.29, 0.717) is 6.42 Å². The van der Waals surface area contributed by atoms with Crippen molar-refractivity contribution >= 4 is 17.7 Å². The number of carbonyl (C=O) groups excluding carboxylic acids is 2. The van der Waals surface area contributed by atoms with Crippen LogP contribution in [0.1, 0.15) is 41.0 Å². The minimum absolute atomic E-state index is 0.0189. The maximum absolute atomic E-state index is 14.7. The Kier molecular flexibility index (Phi) is 10.1. The van der Waals surface area contributed by atoms with Gasteiger partial charge in [0, 0.05) is 43.7 Å². The number of nitrogens with one attached hydrogen (secondary N) is 1. The number of hydrogen-bond acceptors (Lipinski definition) is 4. The lowest BCUT2D eigenvalue weighted by atomic mass is 9.98. The normalized spacial score (nSPS) is 15.2. The topological polar surface area (TPSA) is 61.9 Å². The smallest absolute Gasteiger partial charge is 0.407 e. The van der Waals surface area contributed by atoms with Gasteiger partial charge in [-0.15, -0.1) is 0 Å². The van der Waals surface area contributed by atoms with Gasteiger partial charge >= 0.3 is 6.09 Å². The summed E-state index contributed by atoms with van der Waals surface area (Å²) in [4.78, 5) is 32.7. The highest BCUT2D eigenvalue weighted by molar-refractivity contribution is 5.99. The second-order valence-corrected chi connectivity index (χ2v) is 13.1. The van der Waals surface area contributed by atoms with Gasteiger partial charge in [-0.05, 0) is 64.8 Å². The van der Waals surface area contributed by atoms with E-state index in [1.165, 1.54) is 16.7 Å². The van der Waals surface area contributed by atoms with Crippen molar-refractivity contribution in [2.24, 2.45) is 0 Å². The van der Waals surface area contributed by atoms with Crippen LogP contribution in [-0.2, 0) is 22.4 Å². The summed E-state index contributed by atoms with van der Waals surface area (Å²) in [6, 6.07) is 46.2. The first kappa shape index (κ1) is 32.4. The summed E-state index contributed by atoms with van der Waals surface area (Å²) >= 11 is 0. The summed E-state index contributed by atoms with van der Waals surface area (Å²) in [5.41, 5.74) is 7.82. The third-order valence-corrected chi connectivity index (χ3v) is 9.97. The molecule has 49 heavy (non-hydrogen) atoms. The third-order valence-electron chi connectivity index (χ3n) is 9.97. The van der Waals surface area contributed by atoms with Crippen molar-refractivity contribution in [2.45, 2.75) is 43.7 Å². The SMILES string of the molecule is O=C(N[C@@H](Cc1ccccc1)C(=O)N(c1ccccc1)C1CCN(CCc2ccccc2)CC1)OCC1c2ccccc2-c2ccccc21. The minimum atomic E-state index is -0.797. The van der Waals surface area contributed by atoms with Gasteiger partial charge < -0.3 is 19.9 Å². The van der Waals surface area contributed by atoms with Gasteiger partial charge in [0.25, 0.3) is 0 Å². The number of fused-ring (bicyclic) bond motifs is 3. The molecule has 1 aliphatic carbocycles. The molecule has 1 heterocycles. The van der Waals surface area contributed by atoms with Crippen LogP contribution in [0.5, 0.6) is 0 Å². The molecule has 0 saturated carbocycles. The Hall–Kier alpha value is -5.20. The number of para-hydroxylation sites is 1. The number of nitrogens with zero attached hydrogens (tertiary/aromatic N) is 2. The Bertz CT molecular complexity index is 1790. The predicted molar refractivity (Wildman–Crippen MR) is 196 cm³/mol. The number of rotatable bonds is 11. The van der Waals surface area contributed by atoms with E-state index < -0.39 is 12.1 Å². The quantitative estimate of drug-likeness (QED) is 0.158. The first-order valence-corrected chi connectivity index (χ1v) is 17.4. The molecule has 1 aliphatic heterocycles. The van der Waals surface area contributed by atoms with Gasteiger partial charge in [0.1, 0.15) is 12.6 Å². The lowest BCUT2D eigenvalue weighted by Crippen LogP contribution is -2.55. The standard InChI is InChI=1S/C43H43N3O3/c47-42(46(34-18-8-3-9-19-34)35-25-28-45(29-26-35)27-24-32-14-4-1-5-15-32)41(30-33-16-6-2-7-17-33)44-43(48)49-31-40-38-22-12-10-20-36(38)37-21-11-13-23-39(37)40/h1-23,35,40-41H,24-31H2,(H,44,48)/t41-/m0/s1. The van der Waals surface area contributed by atoms with Crippen LogP contribution in [-0.4, -0.2) is 55.2 Å². The predicted octanol–water partition coefficient (Wildman–Crippen LogP) is 7.88. The summed E-state index contributed by atoms with van der Waals surface area (Å²) in [5.74, 6) is -0.180. The monoisotopic (exact) mass is 649 g/mol. The minimum Gasteiger partial charge on any atom is -0.449 e. The first-order chi connectivity index (χ1) is 24.1. The average Bonchev–Trinajstić information content (AvgIpc) is 3.48. The number of alkyl carbamates (subject to hydrolysis) is 1. The molecule has 0 aromatic heterocycles. The molecule has 1 fully saturated rings. The number of carbonyl (C=O) groups is 2. The molecule has 0 unspecified atom stereocenters. The Balaban J connectivity index is 1.07. The average molecular weight is 650 g/mol. The maximum Gasteiger partial charge on any atom is 0.407 e. The molecule has 5 aromatic rings. The van der Waals surface area contributed by atoms with E-state index >= 15 is 0 Å². The van der Waals surface area contributed by atoms with Gasteiger partial charge in [-0.3, -0.25) is 4.79 Å². The van der Waals surface area contributed by atoms with Crippen LogP contribution < -0.4 is 10.2 Å². The number of likely N-dealkylation sites (tertiary alicyclic amines) is 1. The maximum atomic E-state index is 14.7. The van der Waals surface area contributed by atoms with Crippen LogP contribution in [0.3, 0.4) is 0 Å². The lowest BCUT2D eigenvalue weighted by Gasteiger charge is -2.40. The molecule has 2 aliphatic rings. The van der Waals surface area contributed by atoms with Crippen LogP contribution in [0.2, 0.25) is 0 Å². The molecule has 6 nitrogen and oxygen atoms in total. The van der Waals surface area contributed by atoms with Crippen molar-refractivity contribution in [3.05, 3.63) is 162 Å². The van der Waals surface area contributed by atoms with Crippen molar-refractivity contribution in [2.75, 3.05) is 31.1 Å². The van der Waals surface area contributed by atoms with E-state index in [9.17, 15) is 9.59 Å². The molecule has 7 rings (SSSR count). The Labute approximate surface area is 289 Å². The van der Waals surface area contributed by atoms with Crippen molar-refractivity contribution < 1.29 is 14.3 Å². The van der Waals surface area contributed by atoms with E-state index in [4.69, 9.17) is 4.74 Å². The molecule has 1 N–H and O–H groups in total. The summed E-state index contributed by atoms with van der Waals surface area (Å²) in [5, 5.41) is 3.01. The van der Waals surface area contributed by atoms with E-state index in [-0.39, 0.29) is 24.5 Å². The van der Waals surface area contributed by atoms with E-state index in [2.05, 4.69) is 64.8 Å². The van der Waals surface area contributed by atoms with E-state index in [1.807, 2.05) is 89.8 Å². The number of amides is 2. The number of hydrogen-bond donors (Lipinski definition) is 1. The molecule has 0 bridgehead atoms. The van der Waals surface area contributed by atoms with Crippen molar-refractivity contribution in [1.29, 1.82) is 0 Å². The van der Waals surface area contributed by atoms with Gasteiger partial charge in [0.05, 0.1) is 0 Å². The van der Waals surface area contributed by atoms with Crippen LogP contribution in [0.25, 0.3) is 11.1 Å². The third kappa shape index (κ3) is 7.60. The van der Waals surface area contributed by atoms with E-state index in [1.54, 1.807) is 0 Å². The molecular weight excluding hydrogens is 606 g/mol. The van der Waals surface area contributed by atoms with Crippen LogP contribution >= 0.6 is 0 Å². The molecule has 0 spiro atoms. The fourth-order valence-corrected chi connectivity index (χ4v) is 7.44. The Morgan fingerprint density at radius 2 is 1.22 bits per heavy atom. The number of anilines is 1. The second-order valence-electron chi connectivity index (χ2n) is 13.1. The fourth-order valence-electron chi connectivity index (χ4n) is 7.44. The van der Waals surface area contributed by atoms with Crippen molar-refractivity contribution in [3.63, 3.8) is 0 Å². The molecule has 2 amide bonds. The number of benzene rings is 5. The van der Waals surface area contributed by atoms with Crippen molar-refractivity contribution in [3.8, 4) is 11.1 Å². The van der Waals surface area contributed by atoms with Gasteiger partial charge in [-0.25, -0.2) is 4.79 Å². The molecule has 5 aromatic carbocycles. The number of piperidine rings is 1. The second kappa shape index (κ2) is 15.3. The van der Waals surface area contributed by atoms with Crippen LogP contribution in [0, 0.1) is 0 Å². The van der Waals surface area contributed by atoms with Crippen LogP contribution in [0.15, 0.2) is 140 Å². The summed E-state index contributed by atoms with van der Waals surface area (Å²) in [6.07, 6.45) is 2.51. The highest BCUT2D eigenvalue weighted by Gasteiger charge is 2.35. The highest BCUT2D eigenvalue weighted by atomic mass is 16.5. The molecule has 6 heteroatoms. The van der Waals surface area contributed by atoms with Gasteiger partial charge in [0.15, 0.2) is 0 Å². The van der Waals surface area contributed by atoms with Crippen LogP contribution in [0.4, 0.5) is 10.5 Å². The Morgan fingerprint density at radius 3 is 1.84 bits per heavy atom. The Morgan fingerprint density at radius 1 is 0.694 bits per heavy atom. The van der Waals surface area contributed by atoms with Gasteiger partial charge in [-0.2, -0.15) is 0 Å². The summed E-state index contributed by atoms with van der Waals surface area (Å²) in [6.45, 7) is 3.01. The zero-order chi connectivity index (χ0) is 33.4. The van der Waals surface area contributed by atoms with Crippen molar-refractivity contribution in [1.82, 2.24) is 10.2 Å². The molecule has 1 saturated heterocycles. The molecule has 1 atom stereocenters. The zero-order valence-electron chi connectivity index (χ0n) is 27.8. The zero-order valence-corrected chi connectivity index (χ0v) is 27.8. The highest BCUT2D eigenvalue weighted by Crippen LogP contribution is 2.44. The van der Waals surface area contributed by atoms with E-state index in [0.717, 1.165) is 61.3 Å². The number of ether oxygens (including phenoxy) is 1. The fraction of sp³-hybridized carbons (Fsp3) is 0.256. The van der Waals surface area contributed by atoms with Gasteiger partial charge in [0.2, 0.25) is 5.91 Å². The molecule has 248 valence electrons. The van der Waals surface area contributed by atoms with Gasteiger partial charge in [-0.1, -0.05) is 127 Å².